The molecular formula is C36H50BrN3O7. The summed E-state index contributed by atoms with van der Waals surface area (Å²) in [6.45, 7) is 12.3. The molecule has 0 radical (unpaired) electrons. The van der Waals surface area contributed by atoms with Crippen molar-refractivity contribution in [2.24, 2.45) is 11.8 Å². The number of aliphatic hydroxyl groups is 1. The fourth-order valence-electron chi connectivity index (χ4n) is 7.46. The minimum atomic E-state index is -1.23. The zero-order chi connectivity index (χ0) is 34.3. The number of halogens is 1. The number of hydrogen-bond acceptors (Lipinski definition) is 7. The number of amides is 3. The number of benzene rings is 1. The highest BCUT2D eigenvalue weighted by molar-refractivity contribution is 9.09. The van der Waals surface area contributed by atoms with Gasteiger partial charge in [0.2, 0.25) is 17.7 Å². The molecule has 8 atom stereocenters. The van der Waals surface area contributed by atoms with Crippen LogP contribution in [-0.4, -0.2) is 105 Å². The van der Waals surface area contributed by atoms with Crippen molar-refractivity contribution in [2.75, 3.05) is 33.3 Å². The van der Waals surface area contributed by atoms with Gasteiger partial charge in [0.05, 0.1) is 24.0 Å². The Kier molecular flexibility index (Phi) is 12.8. The molecule has 258 valence electrons. The minimum absolute atomic E-state index is 0.105. The maximum absolute atomic E-state index is 14.4. The van der Waals surface area contributed by atoms with Crippen LogP contribution in [0.15, 0.2) is 55.6 Å². The average molecular weight is 717 g/mol. The van der Waals surface area contributed by atoms with Gasteiger partial charge in [0.15, 0.2) is 0 Å². The number of esters is 1. The summed E-state index contributed by atoms with van der Waals surface area (Å²) in [7, 11) is 1.69. The highest BCUT2D eigenvalue weighted by Crippen LogP contribution is 2.60. The van der Waals surface area contributed by atoms with Crippen LogP contribution >= 0.6 is 15.9 Å². The highest BCUT2D eigenvalue weighted by Gasteiger charge is 2.77. The van der Waals surface area contributed by atoms with Crippen molar-refractivity contribution in [2.45, 2.75) is 93.5 Å². The Bertz CT molecular complexity index is 1290. The molecule has 0 aliphatic carbocycles. The molecule has 3 fully saturated rings. The van der Waals surface area contributed by atoms with Gasteiger partial charge >= 0.3 is 5.97 Å². The molecule has 47 heavy (non-hydrogen) atoms. The molecule has 3 amide bonds. The van der Waals surface area contributed by atoms with Crippen LogP contribution in [0, 0.1) is 11.8 Å². The third kappa shape index (κ3) is 7.37. The van der Waals surface area contributed by atoms with Gasteiger partial charge in [-0.05, 0) is 38.2 Å². The van der Waals surface area contributed by atoms with E-state index in [0.29, 0.717) is 31.5 Å². The summed E-state index contributed by atoms with van der Waals surface area (Å²) in [5.74, 6) is -3.18. The molecule has 2 bridgehead atoms. The molecule has 1 aromatic carbocycles. The molecule has 1 spiro atoms. The number of ether oxygens (including phenoxy) is 2. The van der Waals surface area contributed by atoms with E-state index in [2.05, 4.69) is 36.0 Å². The van der Waals surface area contributed by atoms with Crippen LogP contribution < -0.4 is 0 Å². The van der Waals surface area contributed by atoms with E-state index in [1.807, 2.05) is 37.3 Å². The second kappa shape index (κ2) is 16.4. The SMILES string of the molecule is C=CCCC(=O)N(C)[C@H](C)[C@H](OC(=O)[C@H]1[C@@H]2O[C@@]3(CC2Br)[C@@H]1C(=O)N(CCCO)[C@@H]3C(=O)N(CC=C)CCCCC)c1ccccc1. The van der Waals surface area contributed by atoms with E-state index in [1.165, 1.54) is 4.90 Å². The molecule has 3 heterocycles. The van der Waals surface area contributed by atoms with Crippen LogP contribution in [-0.2, 0) is 28.7 Å². The lowest BCUT2D eigenvalue weighted by Gasteiger charge is -2.37. The normalized spacial score (nSPS) is 27.2. The number of alkyl halides is 1. The molecule has 10 nitrogen and oxygen atoms in total. The van der Waals surface area contributed by atoms with E-state index >= 15 is 0 Å². The Morgan fingerprint density at radius 2 is 1.91 bits per heavy atom. The Morgan fingerprint density at radius 1 is 1.19 bits per heavy atom. The summed E-state index contributed by atoms with van der Waals surface area (Å²) in [6, 6.07) is 7.78. The molecule has 11 heteroatoms. The number of likely N-dealkylation sites (tertiary alicyclic amines) is 1. The molecule has 3 saturated heterocycles. The number of likely N-dealkylation sites (N-methyl/N-ethyl adjacent to an activating group) is 1. The smallest absolute Gasteiger partial charge is 0.313 e. The second-order valence-electron chi connectivity index (χ2n) is 12.9. The number of carbonyl (C=O) groups excluding carboxylic acids is 4. The second-order valence-corrected chi connectivity index (χ2v) is 14.1. The van der Waals surface area contributed by atoms with Gasteiger partial charge in [-0.2, -0.15) is 0 Å². The van der Waals surface area contributed by atoms with Gasteiger partial charge in [-0.15, -0.1) is 13.2 Å². The molecule has 0 saturated carbocycles. The number of nitrogens with zero attached hydrogens (tertiary/aromatic N) is 3. The maximum Gasteiger partial charge on any atom is 0.313 e. The summed E-state index contributed by atoms with van der Waals surface area (Å²) < 4.78 is 13.0. The van der Waals surface area contributed by atoms with Gasteiger partial charge in [0, 0.05) is 44.5 Å². The molecular weight excluding hydrogens is 666 g/mol. The van der Waals surface area contributed by atoms with Crippen LogP contribution in [0.1, 0.15) is 70.5 Å². The first-order valence-corrected chi connectivity index (χ1v) is 17.7. The van der Waals surface area contributed by atoms with Gasteiger partial charge < -0.3 is 29.3 Å². The van der Waals surface area contributed by atoms with Crippen molar-refractivity contribution in [1.29, 1.82) is 0 Å². The average Bonchev–Trinajstić information content (AvgIpc) is 3.67. The van der Waals surface area contributed by atoms with Crippen molar-refractivity contribution in [3.8, 4) is 0 Å². The summed E-state index contributed by atoms with van der Waals surface area (Å²) >= 11 is 3.73. The van der Waals surface area contributed by atoms with Crippen LogP contribution in [0.3, 0.4) is 0 Å². The molecule has 1 aromatic rings. The Balaban J connectivity index is 1.68. The van der Waals surface area contributed by atoms with Crippen molar-refractivity contribution < 1.29 is 33.8 Å². The zero-order valence-electron chi connectivity index (χ0n) is 27.9. The Morgan fingerprint density at radius 3 is 2.55 bits per heavy atom. The van der Waals surface area contributed by atoms with E-state index in [-0.39, 0.29) is 48.5 Å². The molecule has 1 N–H and O–H groups in total. The zero-order valence-corrected chi connectivity index (χ0v) is 29.5. The Labute approximate surface area is 287 Å². The molecule has 4 rings (SSSR count). The fraction of sp³-hybridized carbons (Fsp3) is 0.611. The van der Waals surface area contributed by atoms with Crippen molar-refractivity contribution in [3.05, 3.63) is 61.2 Å². The third-order valence-corrected chi connectivity index (χ3v) is 10.8. The van der Waals surface area contributed by atoms with Crippen LogP contribution in [0.4, 0.5) is 0 Å². The summed E-state index contributed by atoms with van der Waals surface area (Å²) in [5.41, 5.74) is -0.518. The number of aliphatic hydroxyl groups excluding tert-OH is 1. The predicted molar refractivity (Wildman–Crippen MR) is 182 cm³/mol. The van der Waals surface area contributed by atoms with Crippen LogP contribution in [0.2, 0.25) is 0 Å². The van der Waals surface area contributed by atoms with Crippen molar-refractivity contribution in [3.63, 3.8) is 0 Å². The predicted octanol–water partition coefficient (Wildman–Crippen LogP) is 4.42. The van der Waals surface area contributed by atoms with E-state index < -0.39 is 47.7 Å². The largest absolute Gasteiger partial charge is 0.455 e. The topological polar surface area (TPSA) is 117 Å². The fourth-order valence-corrected chi connectivity index (χ4v) is 8.40. The lowest BCUT2D eigenvalue weighted by Crippen LogP contribution is -2.57. The monoisotopic (exact) mass is 715 g/mol. The van der Waals surface area contributed by atoms with Gasteiger partial charge in [0.1, 0.15) is 17.7 Å². The number of rotatable bonds is 18. The number of allylic oxidation sites excluding steroid dienone is 1. The standard InChI is InChI=1S/C36H50BrN3O7/c1-6-9-14-20-39(19-8-3)34(44)32-36-23-26(37)31(47-36)28(29(36)33(43)40(32)21-15-22-41)35(45)46-30(25-16-12-11-13-17-25)24(4)38(5)27(42)18-10-7-2/h7-8,11-13,16-17,24,26,28-32,41H,2-3,6,9-10,14-15,18-23H2,1,4-5H3/t24-,26?,28-,29+,30+,31-,32-,36+/m1/s1. The molecule has 3 aliphatic rings. The number of carbonyl (C=O) groups is 4. The highest BCUT2D eigenvalue weighted by atomic mass is 79.9. The first-order chi connectivity index (χ1) is 22.6. The lowest BCUT2D eigenvalue weighted by atomic mass is 9.70. The van der Waals surface area contributed by atoms with E-state index in [0.717, 1.165) is 19.3 Å². The van der Waals surface area contributed by atoms with E-state index in [1.54, 1.807) is 29.0 Å². The number of fused-ring (bicyclic) bond motifs is 1. The van der Waals surface area contributed by atoms with Crippen LogP contribution in [0.5, 0.6) is 0 Å². The van der Waals surface area contributed by atoms with Gasteiger partial charge in [-0.1, -0.05) is 78.2 Å². The third-order valence-electron chi connectivity index (χ3n) is 9.92. The molecule has 1 unspecified atom stereocenters. The van der Waals surface area contributed by atoms with Crippen molar-refractivity contribution in [1.82, 2.24) is 14.7 Å². The molecule has 0 aromatic heterocycles. The first kappa shape index (κ1) is 36.8. The summed E-state index contributed by atoms with van der Waals surface area (Å²) in [6.07, 6.45) is 6.10. The van der Waals surface area contributed by atoms with E-state index in [9.17, 15) is 24.3 Å². The summed E-state index contributed by atoms with van der Waals surface area (Å²) in [4.78, 5) is 60.6. The van der Waals surface area contributed by atoms with Crippen LogP contribution in [0.25, 0.3) is 0 Å². The van der Waals surface area contributed by atoms with Gasteiger partial charge in [-0.3, -0.25) is 19.2 Å². The maximum atomic E-state index is 14.4. The Hall–Kier alpha value is -3.02. The van der Waals surface area contributed by atoms with Gasteiger partial charge in [0.25, 0.3) is 0 Å². The van der Waals surface area contributed by atoms with Crippen molar-refractivity contribution >= 4 is 39.6 Å². The first-order valence-electron chi connectivity index (χ1n) is 16.8. The van der Waals surface area contributed by atoms with E-state index in [4.69, 9.17) is 9.47 Å². The molecule has 3 aliphatic heterocycles. The minimum Gasteiger partial charge on any atom is -0.455 e. The number of hydrogen-bond donors (Lipinski definition) is 1. The quantitative estimate of drug-likeness (QED) is 0.104. The number of unbranched alkanes of at least 4 members (excludes halogenated alkanes) is 2. The van der Waals surface area contributed by atoms with Gasteiger partial charge in [-0.25, -0.2) is 0 Å². The lowest BCUT2D eigenvalue weighted by molar-refractivity contribution is -0.164. The summed E-state index contributed by atoms with van der Waals surface area (Å²) in [5, 5.41) is 9.69.